The molecule has 0 saturated heterocycles. The minimum absolute atomic E-state index is 0.0963. The van der Waals surface area contributed by atoms with Crippen LogP contribution in [0.15, 0.2) is 60.8 Å². The Morgan fingerprint density at radius 3 is 2.44 bits per heavy atom. The number of aromatic carboxylic acids is 1. The van der Waals surface area contributed by atoms with E-state index in [4.69, 9.17) is 5.11 Å². The van der Waals surface area contributed by atoms with Gasteiger partial charge in [-0.05, 0) is 36.1 Å². The third-order valence-corrected chi connectivity index (χ3v) is 5.72. The van der Waals surface area contributed by atoms with Gasteiger partial charge in [-0.15, -0.1) is 0 Å². The lowest BCUT2D eigenvalue weighted by Crippen LogP contribution is -2.38. The second-order valence-electron chi connectivity index (χ2n) is 7.82. The first-order valence-electron chi connectivity index (χ1n) is 10.8. The zero-order valence-corrected chi connectivity index (χ0v) is 19.1. The molecular formula is C25H29N3O3S. The molecule has 0 saturated carbocycles. The number of amides is 1. The van der Waals surface area contributed by atoms with Crippen molar-refractivity contribution >= 4 is 24.5 Å². The summed E-state index contributed by atoms with van der Waals surface area (Å²) in [4.78, 5) is 28.6. The van der Waals surface area contributed by atoms with Crippen molar-refractivity contribution in [3.05, 3.63) is 89.0 Å². The van der Waals surface area contributed by atoms with Crippen LogP contribution in [-0.4, -0.2) is 38.3 Å². The number of aromatic nitrogens is 2. The Bertz CT molecular complexity index is 1030. The first-order chi connectivity index (χ1) is 15.5. The lowest BCUT2D eigenvalue weighted by Gasteiger charge is -2.15. The molecule has 0 spiro atoms. The zero-order chi connectivity index (χ0) is 22.9. The van der Waals surface area contributed by atoms with Crippen molar-refractivity contribution in [2.75, 3.05) is 5.75 Å². The number of carbonyl (C=O) groups excluding carboxylic acids is 1. The summed E-state index contributed by atoms with van der Waals surface area (Å²) >= 11 is 4.41. The van der Waals surface area contributed by atoms with E-state index in [-0.39, 0.29) is 17.5 Å². The maximum atomic E-state index is 12.9. The average Bonchev–Trinajstić information content (AvgIpc) is 3.20. The molecule has 0 radical (unpaired) electrons. The number of rotatable bonds is 11. The van der Waals surface area contributed by atoms with Crippen LogP contribution in [0.3, 0.4) is 0 Å². The van der Waals surface area contributed by atoms with Gasteiger partial charge in [-0.1, -0.05) is 55.8 Å². The number of aryl methyl sites for hydroxylation is 1. The van der Waals surface area contributed by atoms with Crippen LogP contribution in [0.2, 0.25) is 0 Å². The molecule has 1 heterocycles. The smallest absolute Gasteiger partial charge is 0.335 e. The fourth-order valence-corrected chi connectivity index (χ4v) is 3.72. The van der Waals surface area contributed by atoms with Gasteiger partial charge >= 0.3 is 5.97 Å². The number of imidazole rings is 1. The minimum Gasteiger partial charge on any atom is -0.478 e. The second-order valence-corrected chi connectivity index (χ2v) is 8.18. The first kappa shape index (κ1) is 23.6. The molecule has 0 aliphatic heterocycles. The Labute approximate surface area is 194 Å². The highest BCUT2D eigenvalue weighted by Gasteiger charge is 2.18. The molecule has 1 aromatic heterocycles. The van der Waals surface area contributed by atoms with Crippen LogP contribution in [0, 0.1) is 0 Å². The molecule has 32 heavy (non-hydrogen) atoms. The summed E-state index contributed by atoms with van der Waals surface area (Å²) in [5.74, 6) is 0.221. The molecule has 3 aromatic rings. The second kappa shape index (κ2) is 11.5. The number of nitrogens with zero attached hydrogens (tertiary/aromatic N) is 2. The maximum absolute atomic E-state index is 12.9. The van der Waals surface area contributed by atoms with E-state index in [2.05, 4.69) is 29.9 Å². The number of carboxylic acid groups (broad SMARTS) is 1. The molecule has 6 nitrogen and oxygen atoms in total. The van der Waals surface area contributed by atoms with Gasteiger partial charge < -0.3 is 15.0 Å². The van der Waals surface area contributed by atoms with Gasteiger partial charge in [0.15, 0.2) is 0 Å². The zero-order valence-electron chi connectivity index (χ0n) is 18.2. The van der Waals surface area contributed by atoms with Gasteiger partial charge in [0.2, 0.25) is 0 Å². The largest absolute Gasteiger partial charge is 0.478 e. The number of nitrogens with one attached hydrogen (secondary N) is 1. The van der Waals surface area contributed by atoms with E-state index in [9.17, 15) is 9.59 Å². The van der Waals surface area contributed by atoms with Crippen LogP contribution in [-0.2, 0) is 19.4 Å². The van der Waals surface area contributed by atoms with Crippen LogP contribution < -0.4 is 5.32 Å². The lowest BCUT2D eigenvalue weighted by atomic mass is 10.1. The minimum atomic E-state index is -0.948. The predicted octanol–water partition coefficient (Wildman–Crippen LogP) is 4.24. The summed E-state index contributed by atoms with van der Waals surface area (Å²) in [6.07, 6.45) is 5.26. The number of carboxylic acids is 1. The molecule has 1 amide bonds. The molecule has 7 heteroatoms. The van der Waals surface area contributed by atoms with Crippen molar-refractivity contribution in [2.24, 2.45) is 0 Å². The normalized spacial score (nSPS) is 11.8. The fourth-order valence-electron chi connectivity index (χ4n) is 3.50. The maximum Gasteiger partial charge on any atom is 0.335 e. The number of carbonyl (C=O) groups is 2. The Kier molecular flexibility index (Phi) is 8.50. The van der Waals surface area contributed by atoms with Gasteiger partial charge in [0, 0.05) is 31.0 Å². The lowest BCUT2D eigenvalue weighted by molar-refractivity contribution is 0.0696. The number of unbranched alkanes of at least 4 members (excludes halogenated alkanes) is 1. The fraction of sp³-hybridized carbons (Fsp3) is 0.320. The molecule has 168 valence electrons. The Morgan fingerprint density at radius 1 is 1.09 bits per heavy atom. The molecule has 3 rings (SSSR count). The molecule has 0 aliphatic rings. The molecule has 2 N–H and O–H groups in total. The van der Waals surface area contributed by atoms with Crippen LogP contribution in [0.4, 0.5) is 0 Å². The van der Waals surface area contributed by atoms with Gasteiger partial charge in [0.05, 0.1) is 5.56 Å². The number of hydrogen-bond acceptors (Lipinski definition) is 4. The van der Waals surface area contributed by atoms with Crippen molar-refractivity contribution in [1.29, 1.82) is 0 Å². The number of hydrogen-bond donors (Lipinski definition) is 3. The number of thiol groups is 1. The van der Waals surface area contributed by atoms with E-state index >= 15 is 0 Å². The quantitative estimate of drug-likeness (QED) is 0.381. The highest BCUT2D eigenvalue weighted by molar-refractivity contribution is 7.80. The van der Waals surface area contributed by atoms with E-state index in [1.54, 1.807) is 30.5 Å². The molecule has 2 aromatic carbocycles. The topological polar surface area (TPSA) is 84.2 Å². The van der Waals surface area contributed by atoms with Gasteiger partial charge in [-0.3, -0.25) is 4.79 Å². The molecule has 1 atom stereocenters. The summed E-state index contributed by atoms with van der Waals surface area (Å²) in [5.41, 5.74) is 2.74. The monoisotopic (exact) mass is 451 g/mol. The Morgan fingerprint density at radius 2 is 1.81 bits per heavy atom. The summed E-state index contributed by atoms with van der Waals surface area (Å²) in [7, 11) is 0. The van der Waals surface area contributed by atoms with Crippen molar-refractivity contribution in [3.8, 4) is 0 Å². The van der Waals surface area contributed by atoms with Crippen LogP contribution in [0.1, 0.15) is 57.6 Å². The number of benzene rings is 2. The molecule has 0 bridgehead atoms. The van der Waals surface area contributed by atoms with E-state index in [1.165, 1.54) is 0 Å². The third-order valence-electron chi connectivity index (χ3n) is 5.28. The van der Waals surface area contributed by atoms with E-state index in [0.29, 0.717) is 24.4 Å². The van der Waals surface area contributed by atoms with Crippen molar-refractivity contribution in [1.82, 2.24) is 14.9 Å². The molecule has 0 fully saturated rings. The molecule has 1 unspecified atom stereocenters. The molecule has 0 aliphatic carbocycles. The van der Waals surface area contributed by atoms with E-state index < -0.39 is 5.97 Å². The highest BCUT2D eigenvalue weighted by atomic mass is 32.1. The first-order valence-corrected chi connectivity index (χ1v) is 11.5. The van der Waals surface area contributed by atoms with E-state index in [0.717, 1.165) is 36.2 Å². The van der Waals surface area contributed by atoms with Gasteiger partial charge in [-0.2, -0.15) is 12.6 Å². The van der Waals surface area contributed by atoms with Crippen molar-refractivity contribution in [3.63, 3.8) is 0 Å². The Balaban J connectivity index is 1.74. The SMILES string of the molecule is CCCCc1nc(C(=O)NC(CS)Cc2ccccc2)cn1Cc1ccc(C(=O)O)cc1. The molecular weight excluding hydrogens is 422 g/mol. The van der Waals surface area contributed by atoms with Gasteiger partial charge in [-0.25, -0.2) is 9.78 Å². The standard InChI is InChI=1S/C25H29N3O3S/c1-2-3-9-23-27-22(16-28(23)15-19-10-12-20(13-11-19)25(30)31)24(29)26-21(17-32)14-18-7-5-4-6-8-18/h4-8,10-13,16,21,32H,2-3,9,14-15,17H2,1H3,(H,26,29)(H,30,31). The van der Waals surface area contributed by atoms with Crippen LogP contribution >= 0.6 is 12.6 Å². The van der Waals surface area contributed by atoms with E-state index in [1.807, 2.05) is 34.9 Å². The van der Waals surface area contributed by atoms with Crippen molar-refractivity contribution < 1.29 is 14.7 Å². The van der Waals surface area contributed by atoms with Gasteiger partial charge in [0.1, 0.15) is 11.5 Å². The Hall–Kier alpha value is -3.06. The van der Waals surface area contributed by atoms with Crippen LogP contribution in [0.5, 0.6) is 0 Å². The third kappa shape index (κ3) is 6.47. The predicted molar refractivity (Wildman–Crippen MR) is 129 cm³/mol. The summed E-state index contributed by atoms with van der Waals surface area (Å²) in [6, 6.07) is 16.7. The van der Waals surface area contributed by atoms with Gasteiger partial charge in [0.25, 0.3) is 5.91 Å². The van der Waals surface area contributed by atoms with Crippen LogP contribution in [0.25, 0.3) is 0 Å². The summed E-state index contributed by atoms with van der Waals surface area (Å²) < 4.78 is 1.98. The summed E-state index contributed by atoms with van der Waals surface area (Å²) in [5, 5.41) is 12.1. The average molecular weight is 452 g/mol. The summed E-state index contributed by atoms with van der Waals surface area (Å²) in [6.45, 7) is 2.64. The highest BCUT2D eigenvalue weighted by Crippen LogP contribution is 2.13. The van der Waals surface area contributed by atoms with Crippen molar-refractivity contribution in [2.45, 2.75) is 45.2 Å².